The number of nitrogens with one attached hydrogen (secondary N) is 2. The summed E-state index contributed by atoms with van der Waals surface area (Å²) >= 11 is 0. The fourth-order valence-corrected chi connectivity index (χ4v) is 3.82. The maximum absolute atomic E-state index is 10.7. The molecule has 0 aromatic carbocycles. The summed E-state index contributed by atoms with van der Waals surface area (Å²) in [7, 11) is 0. The average molecular weight is 435 g/mol. The molecule has 1 saturated heterocycles. The van der Waals surface area contributed by atoms with Gasteiger partial charge in [0.2, 0.25) is 12.3 Å². The van der Waals surface area contributed by atoms with Crippen molar-refractivity contribution < 1.29 is 14.7 Å². The number of fused-ring (bicyclic) bond motifs is 2. The van der Waals surface area contributed by atoms with Crippen LogP contribution in [0.4, 0.5) is 0 Å². The van der Waals surface area contributed by atoms with E-state index in [0.717, 1.165) is 65.7 Å². The van der Waals surface area contributed by atoms with Crippen LogP contribution in [0.25, 0.3) is 27.7 Å². The van der Waals surface area contributed by atoms with E-state index in [1.807, 2.05) is 24.4 Å². The van der Waals surface area contributed by atoms with Crippen LogP contribution in [-0.4, -0.2) is 73.4 Å². The molecule has 4 aromatic rings. The summed E-state index contributed by atoms with van der Waals surface area (Å²) in [6.45, 7) is 1.92. The molecule has 5 heterocycles. The van der Waals surface area contributed by atoms with Gasteiger partial charge < -0.3 is 20.3 Å². The Bertz CT molecular complexity index is 1210. The van der Waals surface area contributed by atoms with E-state index in [9.17, 15) is 9.59 Å². The van der Waals surface area contributed by atoms with Crippen molar-refractivity contribution in [2.24, 2.45) is 0 Å². The lowest BCUT2D eigenvalue weighted by Gasteiger charge is -2.11. The number of amides is 2. The third kappa shape index (κ3) is 4.59. The van der Waals surface area contributed by atoms with E-state index in [-0.39, 0.29) is 12.5 Å². The number of hydrogen-bond donors (Lipinski definition) is 3. The Morgan fingerprint density at radius 3 is 2.81 bits per heavy atom. The Labute approximate surface area is 184 Å². The second kappa shape index (κ2) is 10.0. The highest BCUT2D eigenvalue weighted by Gasteiger charge is 2.16. The number of aromatic nitrogens is 5. The lowest BCUT2D eigenvalue weighted by Crippen LogP contribution is -2.29. The van der Waals surface area contributed by atoms with Gasteiger partial charge in [-0.3, -0.25) is 9.59 Å². The summed E-state index contributed by atoms with van der Waals surface area (Å²) < 4.78 is 1.61. The molecule has 10 heteroatoms. The van der Waals surface area contributed by atoms with Crippen molar-refractivity contribution in [2.45, 2.75) is 19.3 Å². The van der Waals surface area contributed by atoms with Crippen molar-refractivity contribution in [2.75, 3.05) is 26.2 Å². The van der Waals surface area contributed by atoms with Crippen molar-refractivity contribution in [1.82, 2.24) is 35.0 Å². The van der Waals surface area contributed by atoms with E-state index in [1.165, 1.54) is 0 Å². The van der Waals surface area contributed by atoms with Crippen LogP contribution < -0.4 is 5.32 Å². The Morgan fingerprint density at radius 2 is 2.03 bits per heavy atom. The van der Waals surface area contributed by atoms with Gasteiger partial charge in [-0.2, -0.15) is 14.8 Å². The lowest BCUT2D eigenvalue weighted by molar-refractivity contribution is -0.133. The van der Waals surface area contributed by atoms with Crippen molar-refractivity contribution in [3.05, 3.63) is 48.5 Å². The maximum Gasteiger partial charge on any atom is 0.248 e. The van der Waals surface area contributed by atoms with Gasteiger partial charge in [0, 0.05) is 55.1 Å². The zero-order valence-electron chi connectivity index (χ0n) is 17.6. The van der Waals surface area contributed by atoms with Crippen LogP contribution in [-0.2, 0) is 16.0 Å². The van der Waals surface area contributed by atoms with Crippen LogP contribution in [0.3, 0.4) is 0 Å². The summed E-state index contributed by atoms with van der Waals surface area (Å²) in [6.07, 6.45) is 8.92. The van der Waals surface area contributed by atoms with Gasteiger partial charge >= 0.3 is 0 Å². The van der Waals surface area contributed by atoms with E-state index >= 15 is 0 Å². The number of pyridine rings is 1. The molecule has 1 fully saturated rings. The summed E-state index contributed by atoms with van der Waals surface area (Å²) in [5.41, 5.74) is 4.88. The topological polar surface area (TPSA) is 129 Å². The lowest BCUT2D eigenvalue weighted by atomic mass is 10.1. The van der Waals surface area contributed by atoms with Crippen LogP contribution in [0.2, 0.25) is 0 Å². The van der Waals surface area contributed by atoms with Gasteiger partial charge in [-0.05, 0) is 42.7 Å². The molecule has 4 aromatic heterocycles. The predicted molar refractivity (Wildman–Crippen MR) is 119 cm³/mol. The molecule has 0 bridgehead atoms. The zero-order chi connectivity index (χ0) is 22.3. The summed E-state index contributed by atoms with van der Waals surface area (Å²) in [5.74, 6) is -0.132. The van der Waals surface area contributed by atoms with E-state index in [4.69, 9.17) is 5.11 Å². The van der Waals surface area contributed by atoms with Crippen LogP contribution in [0.1, 0.15) is 18.5 Å². The Morgan fingerprint density at radius 1 is 1.19 bits per heavy atom. The Kier molecular flexibility index (Phi) is 6.71. The van der Waals surface area contributed by atoms with E-state index < -0.39 is 0 Å². The summed E-state index contributed by atoms with van der Waals surface area (Å²) in [6, 6.07) is 7.94. The quantitative estimate of drug-likeness (QED) is 0.308. The van der Waals surface area contributed by atoms with Crippen molar-refractivity contribution in [3.63, 3.8) is 0 Å². The number of carbonyl (C=O) groups is 2. The normalized spacial score (nSPS) is 13.2. The third-order valence-electron chi connectivity index (χ3n) is 5.40. The number of carbonyl (C=O) groups excluding carboxylic acids is 2. The Hall–Kier alpha value is -3.79. The van der Waals surface area contributed by atoms with Crippen LogP contribution in [0.5, 0.6) is 0 Å². The van der Waals surface area contributed by atoms with Gasteiger partial charge in [-0.25, -0.2) is 4.98 Å². The van der Waals surface area contributed by atoms with Gasteiger partial charge in [-0.15, -0.1) is 0 Å². The van der Waals surface area contributed by atoms with E-state index in [2.05, 4.69) is 31.5 Å². The SMILES string of the molecule is O=C(CO)N1CCCC1.O=CNCCc1cc2c(-c3cnn4ncccc34)ccnc2[nH]1. The molecule has 3 N–H and O–H groups in total. The fraction of sp³-hybridized carbons (Fsp3) is 0.318. The Balaban J connectivity index is 0.000000230. The molecule has 5 rings (SSSR count). The zero-order valence-corrected chi connectivity index (χ0v) is 17.6. The van der Waals surface area contributed by atoms with Crippen LogP contribution >= 0.6 is 0 Å². The number of hydrogen-bond acceptors (Lipinski definition) is 6. The highest BCUT2D eigenvalue weighted by Crippen LogP contribution is 2.30. The maximum atomic E-state index is 10.7. The molecule has 166 valence electrons. The smallest absolute Gasteiger partial charge is 0.248 e. The van der Waals surface area contributed by atoms with Crippen LogP contribution in [0, 0.1) is 0 Å². The average Bonchev–Trinajstić information content (AvgIpc) is 3.58. The summed E-state index contributed by atoms with van der Waals surface area (Å²) in [4.78, 5) is 30.4. The molecule has 0 radical (unpaired) electrons. The first-order valence-corrected chi connectivity index (χ1v) is 10.5. The first-order chi connectivity index (χ1) is 15.7. The molecule has 0 spiro atoms. The number of H-pyrrole nitrogens is 1. The molecule has 10 nitrogen and oxygen atoms in total. The highest BCUT2D eigenvalue weighted by atomic mass is 16.3. The number of aliphatic hydroxyl groups excluding tert-OH is 1. The predicted octanol–water partition coefficient (Wildman–Crippen LogP) is 1.16. The molecule has 0 unspecified atom stereocenters. The molecule has 1 aliphatic heterocycles. The van der Waals surface area contributed by atoms with Crippen LogP contribution in [0.15, 0.2) is 42.9 Å². The molecule has 0 atom stereocenters. The second-order valence-corrected chi connectivity index (χ2v) is 7.44. The number of likely N-dealkylation sites (tertiary alicyclic amines) is 1. The van der Waals surface area contributed by atoms with Crippen molar-refractivity contribution in [3.8, 4) is 11.1 Å². The molecule has 2 amide bonds. The monoisotopic (exact) mass is 435 g/mol. The third-order valence-corrected chi connectivity index (χ3v) is 5.40. The highest BCUT2D eigenvalue weighted by molar-refractivity contribution is 5.97. The number of rotatable bonds is 6. The molecule has 32 heavy (non-hydrogen) atoms. The number of nitrogens with zero attached hydrogens (tertiary/aromatic N) is 5. The molecule has 0 saturated carbocycles. The molecular formula is C22H25N7O3. The van der Waals surface area contributed by atoms with Gasteiger partial charge in [0.25, 0.3) is 0 Å². The fourth-order valence-electron chi connectivity index (χ4n) is 3.82. The van der Waals surface area contributed by atoms with E-state index in [1.54, 1.807) is 21.9 Å². The standard InChI is InChI=1S/C16H14N6O.C6H11NO2/c23-10-17-6-3-11-8-13-12(4-7-18-16(13)21-11)14-9-20-22-15(14)2-1-5-19-22;8-5-6(9)7-3-1-2-4-7/h1-2,4-5,7-10H,3,6H2,(H,17,23)(H,18,21);8H,1-5H2. The van der Waals surface area contributed by atoms with Gasteiger partial charge in [0.15, 0.2) is 0 Å². The van der Waals surface area contributed by atoms with Gasteiger partial charge in [0.1, 0.15) is 12.3 Å². The van der Waals surface area contributed by atoms with Crippen molar-refractivity contribution in [1.29, 1.82) is 0 Å². The minimum Gasteiger partial charge on any atom is -0.387 e. The summed E-state index contributed by atoms with van der Waals surface area (Å²) in [5, 5.41) is 20.6. The minimum absolute atomic E-state index is 0.132. The molecule has 0 aliphatic carbocycles. The minimum atomic E-state index is -0.333. The second-order valence-electron chi connectivity index (χ2n) is 7.44. The number of aromatic amines is 1. The van der Waals surface area contributed by atoms with E-state index in [0.29, 0.717) is 13.0 Å². The van der Waals surface area contributed by atoms with Gasteiger partial charge in [-0.1, -0.05) is 0 Å². The van der Waals surface area contributed by atoms with Crippen molar-refractivity contribution >= 4 is 28.9 Å². The molecule has 1 aliphatic rings. The first kappa shape index (κ1) is 21.4. The molecular weight excluding hydrogens is 410 g/mol. The first-order valence-electron chi connectivity index (χ1n) is 10.5. The van der Waals surface area contributed by atoms with Gasteiger partial charge in [0.05, 0.1) is 11.7 Å². The largest absolute Gasteiger partial charge is 0.387 e. The number of aliphatic hydroxyl groups is 1.